The molecule has 51 heavy (non-hydrogen) atoms. The fourth-order valence-corrected chi connectivity index (χ4v) is 7.35. The van der Waals surface area contributed by atoms with E-state index in [0.29, 0.717) is 58.9 Å². The second-order valence-electron chi connectivity index (χ2n) is 13.0. The zero-order chi connectivity index (χ0) is 37.1. The minimum absolute atomic E-state index is 0.104. The molecule has 0 radical (unpaired) electrons. The molecule has 0 spiro atoms. The van der Waals surface area contributed by atoms with Crippen molar-refractivity contribution < 1.29 is 43.3 Å². The lowest BCUT2D eigenvalue weighted by molar-refractivity contribution is -0.00403. The predicted octanol–water partition coefficient (Wildman–Crippen LogP) is 4.26. The van der Waals surface area contributed by atoms with Crippen LogP contribution in [0, 0.1) is 18.3 Å². The van der Waals surface area contributed by atoms with Gasteiger partial charge in [0, 0.05) is 25.7 Å². The van der Waals surface area contributed by atoms with Crippen molar-refractivity contribution >= 4 is 44.5 Å². The molecule has 3 fully saturated rings. The zero-order valence-electron chi connectivity index (χ0n) is 30.2. The molecule has 4 heterocycles. The number of piperidine rings is 1. The van der Waals surface area contributed by atoms with Crippen LogP contribution >= 0.6 is 27.7 Å². The molecule has 2 aromatic rings. The SMILES string of the molecule is C#CCOCCOCCOCCOCCN1CCC(Nc2nc(Cl)nc3c2cnn3C2CCC(CC)O2)CC1.CC1CC1.C[P+](O)(O)CP(O)O. The Morgan fingerprint density at radius 2 is 1.59 bits per heavy atom. The van der Waals surface area contributed by atoms with Gasteiger partial charge in [0.25, 0.3) is 7.72 Å². The zero-order valence-corrected chi connectivity index (χ0v) is 32.8. The number of terminal acetylenes is 1. The highest BCUT2D eigenvalue weighted by Gasteiger charge is 2.30. The van der Waals surface area contributed by atoms with Crippen LogP contribution < -0.4 is 5.32 Å². The largest absolute Gasteiger partial charge is 0.378 e. The van der Waals surface area contributed by atoms with Crippen molar-refractivity contribution in [2.45, 2.75) is 77.2 Å². The summed E-state index contributed by atoms with van der Waals surface area (Å²) in [5.41, 5.74) is 0.719. The van der Waals surface area contributed by atoms with Crippen LogP contribution in [0.4, 0.5) is 5.82 Å². The summed E-state index contributed by atoms with van der Waals surface area (Å²) in [4.78, 5) is 44.9. The molecule has 2 unspecified atom stereocenters. The van der Waals surface area contributed by atoms with Crippen LogP contribution in [0.2, 0.25) is 5.28 Å². The maximum Gasteiger partial charge on any atom is 0.273 e. The molecule has 5 rings (SSSR count). The van der Waals surface area contributed by atoms with Gasteiger partial charge in [-0.3, -0.25) is 0 Å². The van der Waals surface area contributed by atoms with E-state index in [1.54, 1.807) is 0 Å². The third-order valence-electron chi connectivity index (χ3n) is 8.28. The molecule has 2 atom stereocenters. The van der Waals surface area contributed by atoms with E-state index >= 15 is 0 Å². The van der Waals surface area contributed by atoms with Crippen LogP contribution in [0.25, 0.3) is 11.0 Å². The minimum atomic E-state index is -2.94. The van der Waals surface area contributed by atoms with Crippen molar-refractivity contribution in [3.63, 3.8) is 0 Å². The number of aromatic nitrogens is 4. The molecular formula is C33H58ClN6O9P2+. The molecule has 0 amide bonds. The van der Waals surface area contributed by atoms with Crippen LogP contribution in [0.3, 0.4) is 0 Å². The molecule has 0 aromatic carbocycles. The number of hydrogen-bond donors (Lipinski definition) is 5. The van der Waals surface area contributed by atoms with Gasteiger partial charge in [-0.1, -0.05) is 32.6 Å². The van der Waals surface area contributed by atoms with Gasteiger partial charge in [-0.15, -0.1) is 6.42 Å². The normalized spacial score (nSPS) is 19.8. The Kier molecular flexibility index (Phi) is 20.9. The first-order valence-corrected chi connectivity index (χ1v) is 21.9. The quantitative estimate of drug-likeness (QED) is 0.0590. The van der Waals surface area contributed by atoms with Gasteiger partial charge in [0.05, 0.1) is 63.9 Å². The van der Waals surface area contributed by atoms with Crippen molar-refractivity contribution in [3.8, 4) is 12.3 Å². The molecule has 5 N–H and O–H groups in total. The summed E-state index contributed by atoms with van der Waals surface area (Å²) in [5.74, 6) is 3.97. The van der Waals surface area contributed by atoms with Gasteiger partial charge < -0.3 is 43.7 Å². The van der Waals surface area contributed by atoms with E-state index in [-0.39, 0.29) is 23.5 Å². The summed E-state index contributed by atoms with van der Waals surface area (Å²) in [5, 5.41) is 9.27. The maximum absolute atomic E-state index is 8.55. The van der Waals surface area contributed by atoms with Gasteiger partial charge in [-0.25, -0.2) is 14.5 Å². The van der Waals surface area contributed by atoms with E-state index in [9.17, 15) is 0 Å². The van der Waals surface area contributed by atoms with Crippen molar-refractivity contribution in [2.24, 2.45) is 5.92 Å². The Morgan fingerprint density at radius 1 is 0.980 bits per heavy atom. The monoisotopic (exact) mass is 779 g/mol. The fraction of sp³-hybridized carbons (Fsp3) is 0.788. The van der Waals surface area contributed by atoms with Crippen molar-refractivity contribution in [1.82, 2.24) is 24.6 Å². The van der Waals surface area contributed by atoms with E-state index in [0.717, 1.165) is 74.5 Å². The van der Waals surface area contributed by atoms with Gasteiger partial charge in [0.15, 0.2) is 17.8 Å². The van der Waals surface area contributed by atoms with Crippen molar-refractivity contribution in [3.05, 3.63) is 11.5 Å². The fourth-order valence-electron chi connectivity index (χ4n) is 5.27. The number of ether oxygens (including phenoxy) is 5. The number of hydrogen-bond acceptors (Lipinski definition) is 14. The third kappa shape index (κ3) is 18.5. The maximum atomic E-state index is 8.55. The molecule has 1 saturated carbocycles. The van der Waals surface area contributed by atoms with E-state index in [1.807, 2.05) is 10.9 Å². The highest BCUT2D eigenvalue weighted by molar-refractivity contribution is 7.74. The lowest BCUT2D eigenvalue weighted by Gasteiger charge is -2.32. The Morgan fingerprint density at radius 3 is 2.10 bits per heavy atom. The molecular weight excluding hydrogens is 722 g/mol. The second-order valence-corrected chi connectivity index (χ2v) is 17.4. The number of anilines is 1. The molecule has 3 aliphatic rings. The van der Waals surface area contributed by atoms with E-state index in [1.165, 1.54) is 19.5 Å². The van der Waals surface area contributed by atoms with Gasteiger partial charge >= 0.3 is 0 Å². The Bertz CT molecular complexity index is 1290. The summed E-state index contributed by atoms with van der Waals surface area (Å²) >= 11 is 6.31. The summed E-state index contributed by atoms with van der Waals surface area (Å²) in [6.07, 6.45) is 15.0. The summed E-state index contributed by atoms with van der Waals surface area (Å²) in [6, 6.07) is 0.311. The molecule has 18 heteroatoms. The Hall–Kier alpha value is -1.34. The van der Waals surface area contributed by atoms with Crippen LogP contribution in [0.5, 0.6) is 0 Å². The minimum Gasteiger partial charge on any atom is -0.378 e. The van der Waals surface area contributed by atoms with Crippen LogP contribution in [0.1, 0.15) is 65.0 Å². The molecule has 15 nitrogen and oxygen atoms in total. The Balaban J connectivity index is 0.000000497. The van der Waals surface area contributed by atoms with Gasteiger partial charge in [-0.2, -0.15) is 15.1 Å². The lowest BCUT2D eigenvalue weighted by Crippen LogP contribution is -2.40. The number of nitrogens with zero attached hydrogens (tertiary/aromatic N) is 5. The van der Waals surface area contributed by atoms with E-state index < -0.39 is 16.1 Å². The number of rotatable bonds is 19. The summed E-state index contributed by atoms with van der Waals surface area (Å²) in [7, 11) is -5.08. The molecule has 2 saturated heterocycles. The standard InChI is InChI=1S/C27H41ClN6O5.C4H8.C2H9O4P2/c1-3-12-35-14-16-37-18-19-38-17-15-36-13-11-33-9-7-21(8-10-33)30-25-23-20-29-34(26(23)32-27(28)31-25)24-6-5-22(4-2)39-24;1-4-2-3-4;1-8(5,6)2-7(3)4/h1,20-22,24H,4-19H2,2H3,(H,30,31,32);4H,2-3H2,1H3;3-6H,2H2,1H3/q;;+1. The smallest absolute Gasteiger partial charge is 0.273 e. The first-order valence-electron chi connectivity index (χ1n) is 17.7. The van der Waals surface area contributed by atoms with Gasteiger partial charge in [0.2, 0.25) is 13.7 Å². The number of likely N-dealkylation sites (tertiary alicyclic amines) is 1. The van der Waals surface area contributed by atoms with Gasteiger partial charge in [0.1, 0.15) is 19.1 Å². The highest BCUT2D eigenvalue weighted by atomic mass is 35.5. The number of fused-ring (bicyclic) bond motifs is 1. The van der Waals surface area contributed by atoms with E-state index in [2.05, 4.69) is 45.1 Å². The van der Waals surface area contributed by atoms with Crippen LogP contribution in [-0.4, -0.2) is 141 Å². The predicted molar refractivity (Wildman–Crippen MR) is 201 cm³/mol. The summed E-state index contributed by atoms with van der Waals surface area (Å²) in [6.45, 7) is 12.8. The van der Waals surface area contributed by atoms with Crippen molar-refractivity contribution in [2.75, 3.05) is 90.4 Å². The molecule has 0 bridgehead atoms. The molecule has 1 aliphatic carbocycles. The number of halogens is 1. The van der Waals surface area contributed by atoms with E-state index in [4.69, 9.17) is 61.3 Å². The molecule has 2 aliphatic heterocycles. The average Bonchev–Trinajstić information content (AvgIpc) is 3.52. The van der Waals surface area contributed by atoms with Gasteiger partial charge in [-0.05, 0) is 49.6 Å². The first kappa shape index (κ1) is 44.1. The van der Waals surface area contributed by atoms with Crippen molar-refractivity contribution in [1.29, 1.82) is 0 Å². The van der Waals surface area contributed by atoms with Crippen LogP contribution in [-0.2, 0) is 23.7 Å². The molecule has 290 valence electrons. The average molecular weight is 780 g/mol. The lowest BCUT2D eigenvalue weighted by atomic mass is 10.1. The molecule has 2 aromatic heterocycles. The summed E-state index contributed by atoms with van der Waals surface area (Å²) < 4.78 is 29.8. The Labute approximate surface area is 309 Å². The highest BCUT2D eigenvalue weighted by Crippen LogP contribution is 2.53. The number of nitrogens with one attached hydrogen (secondary N) is 1. The second kappa shape index (κ2) is 24.1. The third-order valence-corrected chi connectivity index (χ3v) is 11.6. The van der Waals surface area contributed by atoms with Crippen LogP contribution in [0.15, 0.2) is 6.20 Å². The first-order chi connectivity index (χ1) is 24.5. The topological polar surface area (TPSA) is 186 Å².